The van der Waals surface area contributed by atoms with E-state index in [0.29, 0.717) is 0 Å². The third-order valence-corrected chi connectivity index (χ3v) is 1.92. The summed E-state index contributed by atoms with van der Waals surface area (Å²) >= 11 is 1.44. The van der Waals surface area contributed by atoms with Gasteiger partial charge in [-0.3, -0.25) is 0 Å². The predicted molar refractivity (Wildman–Crippen MR) is 49.1 cm³/mol. The fourth-order valence-electron chi connectivity index (χ4n) is 0.697. The number of hydrogen-bond acceptors (Lipinski definition) is 3. The van der Waals surface area contributed by atoms with Crippen molar-refractivity contribution in [2.75, 3.05) is 0 Å². The molecule has 1 aromatic heterocycles. The van der Waals surface area contributed by atoms with Gasteiger partial charge in [-0.2, -0.15) is 11.3 Å². The molecule has 0 saturated carbocycles. The van der Waals surface area contributed by atoms with Crippen LogP contribution in [-0.4, -0.2) is 11.1 Å². The van der Waals surface area contributed by atoms with Gasteiger partial charge in [0.05, 0.1) is 0 Å². The smallest absolute Gasteiger partial charge is 0.338 e. The number of aliphatic carboxylic acids is 1. The Bertz CT molecular complexity index is 372. The van der Waals surface area contributed by atoms with Crippen LogP contribution in [0.2, 0.25) is 0 Å². The second-order valence-electron chi connectivity index (χ2n) is 2.08. The van der Waals surface area contributed by atoms with Gasteiger partial charge in [0.15, 0.2) is 0 Å². The van der Waals surface area contributed by atoms with E-state index in [9.17, 15) is 4.79 Å². The number of carboxylic acid groups (broad SMARTS) is 1. The van der Waals surface area contributed by atoms with Crippen molar-refractivity contribution in [1.29, 1.82) is 0 Å². The minimum absolute atomic E-state index is 0.305. The van der Waals surface area contributed by atoms with Crippen molar-refractivity contribution in [3.63, 3.8) is 0 Å². The van der Waals surface area contributed by atoms with Crippen LogP contribution >= 0.6 is 11.3 Å². The molecule has 0 radical (unpaired) electrons. The van der Waals surface area contributed by atoms with Crippen molar-refractivity contribution in [2.45, 2.75) is 0 Å². The molecule has 0 saturated heterocycles. The molecule has 0 aliphatic heterocycles. The van der Waals surface area contributed by atoms with E-state index in [4.69, 9.17) is 10.6 Å². The van der Waals surface area contributed by atoms with E-state index >= 15 is 0 Å². The lowest BCUT2D eigenvalue weighted by molar-refractivity contribution is -0.132. The highest BCUT2D eigenvalue weighted by Gasteiger charge is 2.03. The number of azide groups is 1. The monoisotopic (exact) mass is 195 g/mol. The zero-order chi connectivity index (χ0) is 9.68. The number of carboxylic acids is 1. The lowest BCUT2D eigenvalue weighted by Crippen LogP contribution is -1.95. The van der Waals surface area contributed by atoms with Crippen molar-refractivity contribution in [3.8, 4) is 0 Å². The Labute approximate surface area is 77.6 Å². The van der Waals surface area contributed by atoms with Gasteiger partial charge in [-0.05, 0) is 34.0 Å². The molecule has 0 bridgehead atoms. The standard InChI is InChI=1S/C7H5N3O2S/c8-10-9-6(7(11)12)3-5-1-2-13-4-5/h1-4H,(H,11,12). The molecular formula is C7H5N3O2S. The van der Waals surface area contributed by atoms with Crippen LogP contribution in [0.4, 0.5) is 0 Å². The molecule has 0 aliphatic carbocycles. The first-order valence-electron chi connectivity index (χ1n) is 3.26. The Morgan fingerprint density at radius 2 is 2.54 bits per heavy atom. The minimum Gasteiger partial charge on any atom is -0.478 e. The van der Waals surface area contributed by atoms with Crippen LogP contribution < -0.4 is 0 Å². The van der Waals surface area contributed by atoms with Crippen LogP contribution in [0.1, 0.15) is 5.56 Å². The molecule has 0 amide bonds. The molecule has 1 aromatic rings. The second-order valence-corrected chi connectivity index (χ2v) is 2.86. The molecule has 1 N–H and O–H groups in total. The number of rotatable bonds is 3. The predicted octanol–water partition coefficient (Wildman–Crippen LogP) is 2.48. The summed E-state index contributed by atoms with van der Waals surface area (Å²) in [5.41, 5.74) is 8.48. The highest BCUT2D eigenvalue weighted by molar-refractivity contribution is 7.08. The summed E-state index contributed by atoms with van der Waals surface area (Å²) < 4.78 is 0. The first-order chi connectivity index (χ1) is 6.24. The van der Waals surface area contributed by atoms with Crippen molar-refractivity contribution < 1.29 is 9.90 Å². The molecule has 1 heterocycles. The molecular weight excluding hydrogens is 190 g/mol. The zero-order valence-electron chi connectivity index (χ0n) is 6.41. The van der Waals surface area contributed by atoms with Gasteiger partial charge in [-0.1, -0.05) is 5.11 Å². The molecule has 0 unspecified atom stereocenters. The quantitative estimate of drug-likeness (QED) is 0.347. The SMILES string of the molecule is [N-]=[N+]=NC(=Cc1ccsc1)C(=O)O. The molecule has 13 heavy (non-hydrogen) atoms. The summed E-state index contributed by atoms with van der Waals surface area (Å²) in [5.74, 6) is -1.23. The molecule has 0 atom stereocenters. The van der Waals surface area contributed by atoms with Gasteiger partial charge < -0.3 is 5.11 Å². The van der Waals surface area contributed by atoms with E-state index in [1.165, 1.54) is 17.4 Å². The van der Waals surface area contributed by atoms with Crippen LogP contribution in [0.3, 0.4) is 0 Å². The topological polar surface area (TPSA) is 86.1 Å². The molecule has 0 aliphatic rings. The van der Waals surface area contributed by atoms with E-state index in [-0.39, 0.29) is 5.70 Å². The number of thiophene rings is 1. The maximum Gasteiger partial charge on any atom is 0.338 e. The Hall–Kier alpha value is -1.78. The number of hydrogen-bond donors (Lipinski definition) is 1. The van der Waals surface area contributed by atoms with Gasteiger partial charge >= 0.3 is 5.97 Å². The van der Waals surface area contributed by atoms with E-state index in [1.807, 2.05) is 0 Å². The van der Waals surface area contributed by atoms with Crippen LogP contribution in [0.25, 0.3) is 16.5 Å². The van der Waals surface area contributed by atoms with Gasteiger partial charge in [-0.15, -0.1) is 0 Å². The fraction of sp³-hybridized carbons (Fsp3) is 0. The minimum atomic E-state index is -1.23. The molecule has 6 heteroatoms. The Morgan fingerprint density at radius 3 is 3.00 bits per heavy atom. The summed E-state index contributed by atoms with van der Waals surface area (Å²) in [7, 11) is 0. The normalized spacial score (nSPS) is 10.6. The lowest BCUT2D eigenvalue weighted by Gasteiger charge is -1.89. The van der Waals surface area contributed by atoms with E-state index < -0.39 is 5.97 Å². The van der Waals surface area contributed by atoms with Gasteiger partial charge in [0.2, 0.25) is 0 Å². The fourth-order valence-corrected chi connectivity index (χ4v) is 1.31. The molecule has 5 nitrogen and oxygen atoms in total. The summed E-state index contributed by atoms with van der Waals surface area (Å²) in [6, 6.07) is 1.74. The summed E-state index contributed by atoms with van der Waals surface area (Å²) in [6.07, 6.45) is 1.32. The summed E-state index contributed by atoms with van der Waals surface area (Å²) in [5, 5.41) is 15.2. The first kappa shape index (κ1) is 9.31. The number of nitrogens with zero attached hydrogens (tertiary/aromatic N) is 3. The van der Waals surface area contributed by atoms with Crippen LogP contribution in [0, 0.1) is 0 Å². The van der Waals surface area contributed by atoms with Crippen LogP contribution in [0.15, 0.2) is 27.6 Å². The molecule has 0 aromatic carbocycles. The third-order valence-electron chi connectivity index (χ3n) is 1.22. The summed E-state index contributed by atoms with van der Waals surface area (Å²) in [6.45, 7) is 0. The highest BCUT2D eigenvalue weighted by atomic mass is 32.1. The van der Waals surface area contributed by atoms with Gasteiger partial charge in [0.25, 0.3) is 0 Å². The molecule has 0 spiro atoms. The molecule has 1 rings (SSSR count). The molecule has 0 fully saturated rings. The lowest BCUT2D eigenvalue weighted by atomic mass is 10.3. The van der Waals surface area contributed by atoms with Crippen molar-refractivity contribution >= 4 is 23.4 Å². The molecule has 66 valence electrons. The van der Waals surface area contributed by atoms with Gasteiger partial charge in [-0.25, -0.2) is 4.79 Å². The third kappa shape index (κ3) is 2.62. The van der Waals surface area contributed by atoms with E-state index in [0.717, 1.165) is 5.56 Å². The Balaban J connectivity index is 3.00. The Morgan fingerprint density at radius 1 is 1.77 bits per heavy atom. The average molecular weight is 195 g/mol. The maximum absolute atomic E-state index is 10.5. The summed E-state index contributed by atoms with van der Waals surface area (Å²) in [4.78, 5) is 12.9. The van der Waals surface area contributed by atoms with Crippen molar-refractivity contribution in [1.82, 2.24) is 0 Å². The largest absolute Gasteiger partial charge is 0.478 e. The average Bonchev–Trinajstić information content (AvgIpc) is 2.56. The maximum atomic E-state index is 10.5. The van der Waals surface area contributed by atoms with Crippen molar-refractivity contribution in [2.24, 2.45) is 5.11 Å². The van der Waals surface area contributed by atoms with Gasteiger partial charge in [0.1, 0.15) is 5.70 Å². The van der Waals surface area contributed by atoms with E-state index in [1.54, 1.807) is 16.8 Å². The highest BCUT2D eigenvalue weighted by Crippen LogP contribution is 2.11. The van der Waals surface area contributed by atoms with Crippen LogP contribution in [-0.2, 0) is 4.79 Å². The van der Waals surface area contributed by atoms with Crippen molar-refractivity contribution in [3.05, 3.63) is 38.5 Å². The first-order valence-corrected chi connectivity index (χ1v) is 4.20. The van der Waals surface area contributed by atoms with Crippen LogP contribution in [0.5, 0.6) is 0 Å². The zero-order valence-corrected chi connectivity index (χ0v) is 7.23. The second kappa shape index (κ2) is 4.30. The number of carbonyl (C=O) groups is 1. The van der Waals surface area contributed by atoms with Gasteiger partial charge in [0, 0.05) is 4.91 Å². The van der Waals surface area contributed by atoms with E-state index in [2.05, 4.69) is 10.0 Å². The Kier molecular flexibility index (Phi) is 3.08.